The molecule has 0 amide bonds. The third-order valence-electron chi connectivity index (χ3n) is 3.74. The van der Waals surface area contributed by atoms with E-state index in [1.54, 1.807) is 6.07 Å². The highest BCUT2D eigenvalue weighted by molar-refractivity contribution is 5.80. The van der Waals surface area contributed by atoms with Crippen LogP contribution in [0.2, 0.25) is 0 Å². The minimum Gasteiger partial charge on any atom is -0.504 e. The molecule has 4 nitrogen and oxygen atoms in total. The summed E-state index contributed by atoms with van der Waals surface area (Å²) in [5, 5.41) is 19.2. The zero-order valence-electron chi connectivity index (χ0n) is 13.7. The highest BCUT2D eigenvalue weighted by Gasteiger charge is 2.08. The lowest BCUT2D eigenvalue weighted by Gasteiger charge is -2.07. The molecule has 0 aliphatic heterocycles. The normalized spacial score (nSPS) is 10.9. The number of hydrogen-bond acceptors (Lipinski definition) is 4. The Morgan fingerprint density at radius 3 is 2.54 bits per heavy atom. The third-order valence-corrected chi connectivity index (χ3v) is 3.74. The van der Waals surface area contributed by atoms with Gasteiger partial charge in [-0.05, 0) is 36.1 Å². The van der Waals surface area contributed by atoms with Gasteiger partial charge in [-0.3, -0.25) is 4.79 Å². The number of ketones is 1. The summed E-state index contributed by atoms with van der Waals surface area (Å²) in [6.45, 7) is 0. The molecule has 0 heterocycles. The number of hydrogen-bond donors (Lipinski definition) is 2. The zero-order valence-corrected chi connectivity index (χ0v) is 13.7. The Labute approximate surface area is 142 Å². The van der Waals surface area contributed by atoms with Crippen LogP contribution in [0.4, 0.5) is 0 Å². The van der Waals surface area contributed by atoms with Crippen LogP contribution in [-0.4, -0.2) is 23.1 Å². The molecule has 0 saturated heterocycles. The number of ether oxygens (including phenoxy) is 1. The molecular formula is C20H22O4. The first kappa shape index (κ1) is 17.6. The maximum atomic E-state index is 11.9. The third kappa shape index (κ3) is 5.16. The van der Waals surface area contributed by atoms with Crippen molar-refractivity contribution in [3.63, 3.8) is 0 Å². The standard InChI is InChI=1S/C20H22O4/c1-24-19-14-16(13-18(22)20(19)23)9-5-6-10-17(21)12-11-15-7-3-2-4-8-15/h2-8,13-14,22-23H,9-12H2,1H3. The molecule has 2 N–H and O–H groups in total. The number of Topliss-reactive ketones (excluding diaryl/α,β-unsaturated/α-hetero) is 1. The van der Waals surface area contributed by atoms with Gasteiger partial charge in [-0.15, -0.1) is 0 Å². The monoisotopic (exact) mass is 326 g/mol. The summed E-state index contributed by atoms with van der Waals surface area (Å²) in [7, 11) is 1.43. The number of benzene rings is 2. The first-order valence-electron chi connectivity index (χ1n) is 7.89. The lowest BCUT2D eigenvalue weighted by molar-refractivity contribution is -0.118. The van der Waals surface area contributed by atoms with Crippen LogP contribution in [0.25, 0.3) is 0 Å². The largest absolute Gasteiger partial charge is 0.504 e. The SMILES string of the molecule is COc1cc(CC=CCC(=O)CCc2ccccc2)cc(O)c1O. The summed E-state index contributed by atoms with van der Waals surface area (Å²) in [5.41, 5.74) is 1.97. The molecule has 126 valence electrons. The van der Waals surface area contributed by atoms with Crippen LogP contribution < -0.4 is 4.74 Å². The van der Waals surface area contributed by atoms with Crippen molar-refractivity contribution in [2.24, 2.45) is 0 Å². The van der Waals surface area contributed by atoms with Crippen LogP contribution in [-0.2, 0) is 17.6 Å². The molecule has 0 atom stereocenters. The van der Waals surface area contributed by atoms with Gasteiger partial charge in [0.25, 0.3) is 0 Å². The van der Waals surface area contributed by atoms with E-state index in [4.69, 9.17) is 4.74 Å². The molecule has 0 aliphatic carbocycles. The van der Waals surface area contributed by atoms with Gasteiger partial charge < -0.3 is 14.9 Å². The average molecular weight is 326 g/mol. The van der Waals surface area contributed by atoms with Gasteiger partial charge in [-0.25, -0.2) is 0 Å². The van der Waals surface area contributed by atoms with E-state index in [0.717, 1.165) is 12.0 Å². The van der Waals surface area contributed by atoms with Gasteiger partial charge in [0, 0.05) is 12.8 Å². The molecule has 0 bridgehead atoms. The summed E-state index contributed by atoms with van der Waals surface area (Å²) >= 11 is 0. The number of carbonyl (C=O) groups is 1. The second kappa shape index (κ2) is 8.77. The van der Waals surface area contributed by atoms with Crippen LogP contribution >= 0.6 is 0 Å². The highest BCUT2D eigenvalue weighted by atomic mass is 16.5. The van der Waals surface area contributed by atoms with E-state index in [1.807, 2.05) is 42.5 Å². The van der Waals surface area contributed by atoms with Crippen molar-refractivity contribution in [2.75, 3.05) is 7.11 Å². The number of rotatable bonds is 8. The first-order valence-corrected chi connectivity index (χ1v) is 7.89. The fraction of sp³-hybridized carbons (Fsp3) is 0.250. The summed E-state index contributed by atoms with van der Waals surface area (Å²) < 4.78 is 5.00. The minimum absolute atomic E-state index is 0.196. The molecule has 0 aromatic heterocycles. The molecular weight excluding hydrogens is 304 g/mol. The van der Waals surface area contributed by atoms with E-state index in [0.29, 0.717) is 19.3 Å². The molecule has 2 rings (SSSR count). The van der Waals surface area contributed by atoms with E-state index in [1.165, 1.54) is 18.7 Å². The molecule has 0 radical (unpaired) electrons. The van der Waals surface area contributed by atoms with E-state index < -0.39 is 0 Å². The smallest absolute Gasteiger partial charge is 0.200 e. The van der Waals surface area contributed by atoms with E-state index >= 15 is 0 Å². The van der Waals surface area contributed by atoms with Crippen molar-refractivity contribution in [3.05, 3.63) is 65.7 Å². The quantitative estimate of drug-likeness (QED) is 0.572. The van der Waals surface area contributed by atoms with Gasteiger partial charge in [0.05, 0.1) is 7.11 Å². The lowest BCUT2D eigenvalue weighted by atomic mass is 10.1. The van der Waals surface area contributed by atoms with Crippen molar-refractivity contribution in [3.8, 4) is 17.2 Å². The van der Waals surface area contributed by atoms with Gasteiger partial charge in [-0.1, -0.05) is 42.5 Å². The molecule has 24 heavy (non-hydrogen) atoms. The molecule has 0 fully saturated rings. The maximum absolute atomic E-state index is 11.9. The van der Waals surface area contributed by atoms with Gasteiger partial charge in [0.15, 0.2) is 11.5 Å². The zero-order chi connectivity index (χ0) is 17.4. The predicted molar refractivity (Wildman–Crippen MR) is 93.6 cm³/mol. The van der Waals surface area contributed by atoms with Gasteiger partial charge in [-0.2, -0.15) is 0 Å². The van der Waals surface area contributed by atoms with Crippen molar-refractivity contribution >= 4 is 5.78 Å². The van der Waals surface area contributed by atoms with E-state index in [2.05, 4.69) is 0 Å². The Morgan fingerprint density at radius 1 is 1.08 bits per heavy atom. The summed E-state index contributed by atoms with van der Waals surface area (Å²) in [4.78, 5) is 11.9. The number of methoxy groups -OCH3 is 1. The Kier molecular flexibility index (Phi) is 6.43. The van der Waals surface area contributed by atoms with Crippen molar-refractivity contribution < 1.29 is 19.7 Å². The molecule has 0 saturated carbocycles. The predicted octanol–water partition coefficient (Wildman–Crippen LogP) is 3.80. The lowest BCUT2D eigenvalue weighted by Crippen LogP contribution is -1.98. The van der Waals surface area contributed by atoms with E-state index in [9.17, 15) is 15.0 Å². The Balaban J connectivity index is 1.80. The molecule has 0 unspecified atom stereocenters. The summed E-state index contributed by atoms with van der Waals surface area (Å²) in [6.07, 6.45) is 5.96. The van der Waals surface area contributed by atoms with E-state index in [-0.39, 0.29) is 23.0 Å². The molecule has 4 heteroatoms. The van der Waals surface area contributed by atoms with Crippen LogP contribution in [0.1, 0.15) is 24.0 Å². The van der Waals surface area contributed by atoms with Crippen LogP contribution in [0.3, 0.4) is 0 Å². The highest BCUT2D eigenvalue weighted by Crippen LogP contribution is 2.36. The topological polar surface area (TPSA) is 66.8 Å². The Morgan fingerprint density at radius 2 is 1.83 bits per heavy atom. The van der Waals surface area contributed by atoms with Crippen LogP contribution in [0, 0.1) is 0 Å². The number of allylic oxidation sites excluding steroid dienone is 2. The molecule has 0 spiro atoms. The summed E-state index contributed by atoms with van der Waals surface area (Å²) in [5.74, 6) is -0.0448. The van der Waals surface area contributed by atoms with Crippen LogP contribution in [0.5, 0.6) is 17.2 Å². The Hall–Kier alpha value is -2.75. The molecule has 2 aromatic carbocycles. The number of phenols is 2. The second-order valence-corrected chi connectivity index (χ2v) is 5.57. The fourth-order valence-electron chi connectivity index (χ4n) is 2.39. The molecule has 2 aromatic rings. The average Bonchev–Trinajstić information content (AvgIpc) is 2.60. The number of phenolic OH excluding ortho intramolecular Hbond substituents is 2. The first-order chi connectivity index (χ1) is 11.6. The maximum Gasteiger partial charge on any atom is 0.200 e. The van der Waals surface area contributed by atoms with Crippen molar-refractivity contribution in [1.82, 2.24) is 0 Å². The van der Waals surface area contributed by atoms with Gasteiger partial charge in [0.2, 0.25) is 5.75 Å². The molecule has 0 aliphatic rings. The number of carbonyl (C=O) groups excluding carboxylic acids is 1. The van der Waals surface area contributed by atoms with Gasteiger partial charge in [0.1, 0.15) is 5.78 Å². The minimum atomic E-state index is -0.263. The van der Waals surface area contributed by atoms with Crippen LogP contribution in [0.15, 0.2) is 54.6 Å². The fourth-order valence-corrected chi connectivity index (χ4v) is 2.39. The number of aryl methyl sites for hydroxylation is 1. The summed E-state index contributed by atoms with van der Waals surface area (Å²) in [6, 6.07) is 13.1. The van der Waals surface area contributed by atoms with Crippen molar-refractivity contribution in [2.45, 2.75) is 25.7 Å². The van der Waals surface area contributed by atoms with Crippen molar-refractivity contribution in [1.29, 1.82) is 0 Å². The Bertz CT molecular complexity index is 705. The number of aromatic hydroxyl groups is 2. The van der Waals surface area contributed by atoms with Gasteiger partial charge >= 0.3 is 0 Å². The second-order valence-electron chi connectivity index (χ2n) is 5.57.